The number of hydrogen-bond acceptors (Lipinski definition) is 4. The molecule has 1 unspecified atom stereocenters. The number of anilines is 1. The van der Waals surface area contributed by atoms with Gasteiger partial charge in [0.2, 0.25) is 0 Å². The van der Waals surface area contributed by atoms with Gasteiger partial charge in [-0.25, -0.2) is 0 Å². The van der Waals surface area contributed by atoms with Gasteiger partial charge in [0.15, 0.2) is 5.54 Å². The number of rotatable bonds is 8. The fourth-order valence-corrected chi connectivity index (χ4v) is 3.12. The third kappa shape index (κ3) is 4.00. The van der Waals surface area contributed by atoms with Crippen LogP contribution in [-0.4, -0.2) is 19.4 Å². The Hall–Kier alpha value is -2.80. The van der Waals surface area contributed by atoms with Crippen LogP contribution in [0.1, 0.15) is 32.3 Å². The van der Waals surface area contributed by atoms with Crippen LogP contribution in [0.5, 0.6) is 5.75 Å². The molecule has 2 rings (SSSR count). The lowest BCUT2D eigenvalue weighted by Crippen LogP contribution is -2.46. The number of nitriles is 1. The van der Waals surface area contributed by atoms with Gasteiger partial charge in [-0.1, -0.05) is 30.3 Å². The Morgan fingerprint density at radius 3 is 2.28 bits per heavy atom. The molecular formula is C21H24N2O2. The molecule has 0 saturated carbocycles. The van der Waals surface area contributed by atoms with Crippen molar-refractivity contribution in [3.8, 4) is 11.8 Å². The molecule has 0 aromatic heterocycles. The fraction of sp³-hybridized carbons (Fsp3) is 0.333. The van der Waals surface area contributed by atoms with Crippen LogP contribution in [0.3, 0.4) is 0 Å². The lowest BCUT2D eigenvalue weighted by molar-refractivity contribution is -0.117. The summed E-state index contributed by atoms with van der Waals surface area (Å²) in [6.45, 7) is 4.23. The Kier molecular flexibility index (Phi) is 6.19. The molecule has 0 heterocycles. The Morgan fingerprint density at radius 1 is 1.16 bits per heavy atom. The van der Waals surface area contributed by atoms with Crippen molar-refractivity contribution in [1.29, 1.82) is 5.26 Å². The molecule has 2 aromatic carbocycles. The monoisotopic (exact) mass is 336 g/mol. The predicted octanol–water partition coefficient (Wildman–Crippen LogP) is 4.31. The van der Waals surface area contributed by atoms with Crippen molar-refractivity contribution in [2.45, 2.75) is 32.2 Å². The predicted molar refractivity (Wildman–Crippen MR) is 99.7 cm³/mol. The van der Waals surface area contributed by atoms with Crippen LogP contribution in [0, 0.1) is 11.3 Å². The van der Waals surface area contributed by atoms with Gasteiger partial charge < -0.3 is 14.4 Å². The molecule has 0 saturated heterocycles. The van der Waals surface area contributed by atoms with E-state index in [4.69, 9.17) is 4.74 Å². The molecule has 1 atom stereocenters. The van der Waals surface area contributed by atoms with Crippen LogP contribution >= 0.6 is 0 Å². The highest BCUT2D eigenvalue weighted by molar-refractivity contribution is 5.76. The van der Waals surface area contributed by atoms with Crippen molar-refractivity contribution in [3.05, 3.63) is 60.2 Å². The summed E-state index contributed by atoms with van der Waals surface area (Å²) < 4.78 is 5.23. The van der Waals surface area contributed by atoms with E-state index in [9.17, 15) is 10.1 Å². The maximum absolute atomic E-state index is 11.6. The number of ether oxygens (including phenoxy) is 1. The number of benzene rings is 2. The second-order valence-electron chi connectivity index (χ2n) is 5.98. The number of hydrogen-bond donors (Lipinski definition) is 0. The van der Waals surface area contributed by atoms with Gasteiger partial charge in [-0.3, -0.25) is 0 Å². The van der Waals surface area contributed by atoms with Gasteiger partial charge in [0, 0.05) is 18.7 Å². The second-order valence-corrected chi connectivity index (χ2v) is 5.98. The quantitative estimate of drug-likeness (QED) is 0.721. The summed E-state index contributed by atoms with van der Waals surface area (Å²) in [6, 6.07) is 19.9. The van der Waals surface area contributed by atoms with E-state index in [1.807, 2.05) is 61.5 Å². The van der Waals surface area contributed by atoms with Crippen molar-refractivity contribution >= 4 is 11.5 Å². The molecule has 0 aliphatic heterocycles. The largest absolute Gasteiger partial charge is 0.497 e. The summed E-state index contributed by atoms with van der Waals surface area (Å²) >= 11 is 0. The Labute approximate surface area is 149 Å². The number of nitrogens with zero attached hydrogens (tertiary/aromatic N) is 2. The molecule has 0 fully saturated rings. The number of ketones is 1. The molecule has 0 N–H and O–H groups in total. The number of carbonyl (C=O) groups is 1. The number of methoxy groups -OCH3 is 1. The van der Waals surface area contributed by atoms with Crippen molar-refractivity contribution < 1.29 is 9.53 Å². The number of Topliss-reactive ketones (excluding diaryl/α,β-unsaturated/α-hetero) is 1. The van der Waals surface area contributed by atoms with Crippen LogP contribution in [0.4, 0.5) is 5.69 Å². The molecule has 0 amide bonds. The maximum atomic E-state index is 11.6. The molecule has 0 radical (unpaired) electrons. The van der Waals surface area contributed by atoms with Gasteiger partial charge >= 0.3 is 0 Å². The Balaban J connectivity index is 2.54. The molecule has 4 heteroatoms. The molecule has 130 valence electrons. The van der Waals surface area contributed by atoms with Gasteiger partial charge in [0.25, 0.3) is 0 Å². The Morgan fingerprint density at radius 2 is 1.80 bits per heavy atom. The van der Waals surface area contributed by atoms with E-state index in [0.717, 1.165) is 17.0 Å². The lowest BCUT2D eigenvalue weighted by Gasteiger charge is -2.40. The van der Waals surface area contributed by atoms with Gasteiger partial charge in [-0.15, -0.1) is 0 Å². The standard InChI is InChI=1S/C21H24N2O2/c1-4-23(19-10-12-20(25-3)13-11-19)21(16-22,15-14-17(2)24)18-8-6-5-7-9-18/h5-13H,4,14-15H2,1-3H3. The average Bonchev–Trinajstić information content (AvgIpc) is 2.66. The normalized spacial score (nSPS) is 12.7. The molecule has 2 aromatic rings. The first-order valence-corrected chi connectivity index (χ1v) is 8.45. The van der Waals surface area contributed by atoms with E-state index in [2.05, 4.69) is 11.0 Å². The summed E-state index contributed by atoms with van der Waals surface area (Å²) in [5, 5.41) is 10.2. The summed E-state index contributed by atoms with van der Waals surface area (Å²) in [5.74, 6) is 0.854. The van der Waals surface area contributed by atoms with E-state index in [1.54, 1.807) is 14.0 Å². The van der Waals surface area contributed by atoms with E-state index >= 15 is 0 Å². The molecule has 4 nitrogen and oxygen atoms in total. The van der Waals surface area contributed by atoms with Crippen LogP contribution in [0.15, 0.2) is 54.6 Å². The molecular weight excluding hydrogens is 312 g/mol. The third-order valence-electron chi connectivity index (χ3n) is 4.44. The van der Waals surface area contributed by atoms with Crippen LogP contribution < -0.4 is 9.64 Å². The van der Waals surface area contributed by atoms with Crippen LogP contribution in [-0.2, 0) is 10.3 Å². The highest BCUT2D eigenvalue weighted by Gasteiger charge is 2.38. The SMILES string of the molecule is CCN(c1ccc(OC)cc1)C(C#N)(CCC(C)=O)c1ccccc1. The van der Waals surface area contributed by atoms with E-state index < -0.39 is 5.54 Å². The van der Waals surface area contributed by atoms with E-state index in [-0.39, 0.29) is 5.78 Å². The zero-order valence-electron chi connectivity index (χ0n) is 15.0. The zero-order chi connectivity index (χ0) is 18.3. The smallest absolute Gasteiger partial charge is 0.153 e. The third-order valence-corrected chi connectivity index (χ3v) is 4.44. The number of carbonyl (C=O) groups excluding carboxylic acids is 1. The van der Waals surface area contributed by atoms with Crippen molar-refractivity contribution in [2.75, 3.05) is 18.6 Å². The summed E-state index contributed by atoms with van der Waals surface area (Å²) in [4.78, 5) is 13.7. The van der Waals surface area contributed by atoms with Gasteiger partial charge in [0.05, 0.1) is 13.2 Å². The zero-order valence-corrected chi connectivity index (χ0v) is 15.0. The minimum atomic E-state index is -0.893. The molecule has 0 spiro atoms. The summed E-state index contributed by atoms with van der Waals surface area (Å²) in [7, 11) is 1.63. The minimum absolute atomic E-state index is 0.0846. The lowest BCUT2D eigenvalue weighted by atomic mass is 9.83. The molecule has 0 bridgehead atoms. The maximum Gasteiger partial charge on any atom is 0.153 e. The van der Waals surface area contributed by atoms with Gasteiger partial charge in [-0.05, 0) is 50.1 Å². The summed E-state index contributed by atoms with van der Waals surface area (Å²) in [5.41, 5.74) is 0.935. The average molecular weight is 336 g/mol. The highest BCUT2D eigenvalue weighted by atomic mass is 16.5. The summed E-state index contributed by atoms with van der Waals surface area (Å²) in [6.07, 6.45) is 0.803. The molecule has 25 heavy (non-hydrogen) atoms. The second kappa shape index (κ2) is 8.34. The Bertz CT molecular complexity index is 735. The first kappa shape index (κ1) is 18.5. The topological polar surface area (TPSA) is 53.3 Å². The fourth-order valence-electron chi connectivity index (χ4n) is 3.12. The van der Waals surface area contributed by atoms with Crippen molar-refractivity contribution in [1.82, 2.24) is 0 Å². The first-order chi connectivity index (χ1) is 12.1. The molecule has 0 aliphatic rings. The first-order valence-electron chi connectivity index (χ1n) is 8.45. The van der Waals surface area contributed by atoms with Crippen molar-refractivity contribution in [2.24, 2.45) is 0 Å². The van der Waals surface area contributed by atoms with Gasteiger partial charge in [-0.2, -0.15) is 5.26 Å². The molecule has 0 aliphatic carbocycles. The van der Waals surface area contributed by atoms with Gasteiger partial charge in [0.1, 0.15) is 11.5 Å². The highest BCUT2D eigenvalue weighted by Crippen LogP contribution is 2.37. The minimum Gasteiger partial charge on any atom is -0.497 e. The van der Waals surface area contributed by atoms with Crippen LogP contribution in [0.2, 0.25) is 0 Å². The van der Waals surface area contributed by atoms with Crippen molar-refractivity contribution in [3.63, 3.8) is 0 Å². The van der Waals surface area contributed by atoms with E-state index in [1.165, 1.54) is 0 Å². The van der Waals surface area contributed by atoms with Crippen LogP contribution in [0.25, 0.3) is 0 Å². The van der Waals surface area contributed by atoms with E-state index in [0.29, 0.717) is 19.4 Å².